The van der Waals surface area contributed by atoms with E-state index >= 15 is 0 Å². The van der Waals surface area contributed by atoms with Crippen LogP contribution in [0.1, 0.15) is 17.3 Å². The third-order valence-corrected chi connectivity index (χ3v) is 4.14. The summed E-state index contributed by atoms with van der Waals surface area (Å²) in [6.07, 6.45) is 0. The van der Waals surface area contributed by atoms with Gasteiger partial charge in [0.05, 0.1) is 0 Å². The van der Waals surface area contributed by atoms with Crippen molar-refractivity contribution in [2.45, 2.75) is 13.0 Å². The van der Waals surface area contributed by atoms with Gasteiger partial charge in [0.1, 0.15) is 0 Å². The smallest absolute Gasteiger partial charge is 0.251 e. The Bertz CT molecular complexity index is 583. The second-order valence-electron chi connectivity index (χ2n) is 4.24. The topological polar surface area (TPSA) is 29.1 Å². The molecule has 2 rings (SSSR count). The Labute approximate surface area is 123 Å². The molecule has 0 saturated carbocycles. The van der Waals surface area contributed by atoms with Crippen LogP contribution in [0.5, 0.6) is 0 Å². The number of rotatable bonds is 3. The molecule has 1 unspecified atom stereocenters. The fourth-order valence-electron chi connectivity index (χ4n) is 1.70. The van der Waals surface area contributed by atoms with Crippen LogP contribution in [0.15, 0.2) is 40.9 Å². The lowest BCUT2D eigenvalue weighted by atomic mass is 10.1. The summed E-state index contributed by atoms with van der Waals surface area (Å²) >= 11 is 6.78. The first-order valence-electron chi connectivity index (χ1n) is 5.66. The van der Waals surface area contributed by atoms with E-state index < -0.39 is 0 Å². The molecule has 2 aromatic carbocycles. The summed E-state index contributed by atoms with van der Waals surface area (Å²) in [5.41, 5.74) is 0.692. The molecule has 2 aromatic rings. The van der Waals surface area contributed by atoms with Crippen LogP contribution in [0.4, 0.5) is 0 Å². The molecule has 0 saturated heterocycles. The zero-order chi connectivity index (χ0) is 13.1. The third-order valence-electron chi connectivity index (χ3n) is 2.67. The van der Waals surface area contributed by atoms with Gasteiger partial charge in [0.25, 0.3) is 5.91 Å². The average Bonchev–Trinajstić information content (AvgIpc) is 2.37. The molecule has 1 N–H and O–H groups in total. The number of alkyl halides is 1. The van der Waals surface area contributed by atoms with Crippen molar-refractivity contribution in [3.8, 4) is 0 Å². The zero-order valence-electron chi connectivity index (χ0n) is 9.91. The number of benzene rings is 2. The number of amides is 1. The standard InChI is InChI=1S/C14H13Br2NO/c1-9(8-15)17-14(18)12-3-2-11-7-13(16)5-4-10(11)6-12/h2-7,9H,8H2,1H3,(H,17,18). The van der Waals surface area contributed by atoms with Crippen LogP contribution in [0.2, 0.25) is 0 Å². The summed E-state index contributed by atoms with van der Waals surface area (Å²) in [6.45, 7) is 1.96. The Kier molecular flexibility index (Phi) is 4.40. The van der Waals surface area contributed by atoms with Crippen LogP contribution < -0.4 is 5.32 Å². The van der Waals surface area contributed by atoms with Gasteiger partial charge in [-0.05, 0) is 42.0 Å². The maximum absolute atomic E-state index is 12.0. The molecule has 4 heteroatoms. The fraction of sp³-hybridized carbons (Fsp3) is 0.214. The molecule has 0 aromatic heterocycles. The molecule has 18 heavy (non-hydrogen) atoms. The van der Waals surface area contributed by atoms with Gasteiger partial charge in [-0.2, -0.15) is 0 Å². The minimum absolute atomic E-state index is 0.0354. The highest BCUT2D eigenvalue weighted by molar-refractivity contribution is 9.10. The molecule has 0 bridgehead atoms. The SMILES string of the molecule is CC(CBr)NC(=O)c1ccc2cc(Br)ccc2c1. The second-order valence-corrected chi connectivity index (χ2v) is 5.80. The lowest BCUT2D eigenvalue weighted by Crippen LogP contribution is -2.33. The molecular formula is C14H13Br2NO. The molecular weight excluding hydrogens is 358 g/mol. The van der Waals surface area contributed by atoms with Crippen molar-refractivity contribution in [2.24, 2.45) is 0 Å². The number of fused-ring (bicyclic) bond motifs is 1. The number of carbonyl (C=O) groups is 1. The predicted molar refractivity (Wildman–Crippen MR) is 82.4 cm³/mol. The summed E-state index contributed by atoms with van der Waals surface area (Å²) in [6, 6.07) is 11.9. The molecule has 1 atom stereocenters. The van der Waals surface area contributed by atoms with Crippen molar-refractivity contribution in [1.82, 2.24) is 5.32 Å². The number of halogens is 2. The Hall–Kier alpha value is -0.870. The number of carbonyl (C=O) groups excluding carboxylic acids is 1. The highest BCUT2D eigenvalue weighted by Crippen LogP contribution is 2.21. The van der Waals surface area contributed by atoms with Crippen molar-refractivity contribution in [3.63, 3.8) is 0 Å². The van der Waals surface area contributed by atoms with E-state index in [2.05, 4.69) is 37.2 Å². The van der Waals surface area contributed by atoms with E-state index in [1.54, 1.807) is 0 Å². The Morgan fingerprint density at radius 2 is 1.89 bits per heavy atom. The van der Waals surface area contributed by atoms with Crippen molar-refractivity contribution in [2.75, 3.05) is 5.33 Å². The molecule has 1 amide bonds. The van der Waals surface area contributed by atoms with E-state index in [9.17, 15) is 4.79 Å². The van der Waals surface area contributed by atoms with Gasteiger partial charge in [-0.25, -0.2) is 0 Å². The normalized spacial score (nSPS) is 12.4. The molecule has 94 valence electrons. The van der Waals surface area contributed by atoms with Gasteiger partial charge < -0.3 is 5.32 Å². The van der Waals surface area contributed by atoms with Crippen LogP contribution in [-0.2, 0) is 0 Å². The minimum atomic E-state index is -0.0354. The van der Waals surface area contributed by atoms with Crippen molar-refractivity contribution < 1.29 is 4.79 Å². The largest absolute Gasteiger partial charge is 0.349 e. The summed E-state index contributed by atoms with van der Waals surface area (Å²) in [5, 5.41) is 5.86. The Morgan fingerprint density at radius 1 is 1.22 bits per heavy atom. The van der Waals surface area contributed by atoms with Crippen LogP contribution in [0, 0.1) is 0 Å². The van der Waals surface area contributed by atoms with Crippen LogP contribution in [0.25, 0.3) is 10.8 Å². The molecule has 0 spiro atoms. The predicted octanol–water partition coefficient (Wildman–Crippen LogP) is 4.12. The van der Waals surface area contributed by atoms with Crippen molar-refractivity contribution in [3.05, 3.63) is 46.4 Å². The summed E-state index contributed by atoms with van der Waals surface area (Å²) in [4.78, 5) is 12.0. The molecule has 0 aliphatic heterocycles. The van der Waals surface area contributed by atoms with E-state index in [4.69, 9.17) is 0 Å². The number of hydrogen-bond acceptors (Lipinski definition) is 1. The van der Waals surface area contributed by atoms with E-state index in [0.717, 1.165) is 20.6 Å². The molecule has 0 heterocycles. The molecule has 2 nitrogen and oxygen atoms in total. The van der Waals surface area contributed by atoms with Crippen molar-refractivity contribution >= 4 is 48.5 Å². The molecule has 0 radical (unpaired) electrons. The van der Waals surface area contributed by atoms with Gasteiger partial charge in [0.2, 0.25) is 0 Å². The molecule has 0 fully saturated rings. The Balaban J connectivity index is 2.30. The highest BCUT2D eigenvalue weighted by Gasteiger charge is 2.09. The van der Waals surface area contributed by atoms with E-state index in [0.29, 0.717) is 5.56 Å². The second kappa shape index (κ2) is 5.85. The monoisotopic (exact) mass is 369 g/mol. The van der Waals surface area contributed by atoms with Crippen LogP contribution in [-0.4, -0.2) is 17.3 Å². The van der Waals surface area contributed by atoms with Gasteiger partial charge in [0.15, 0.2) is 0 Å². The highest BCUT2D eigenvalue weighted by atomic mass is 79.9. The summed E-state index contributed by atoms with van der Waals surface area (Å²) < 4.78 is 1.04. The fourth-order valence-corrected chi connectivity index (χ4v) is 2.24. The van der Waals surface area contributed by atoms with Crippen LogP contribution in [0.3, 0.4) is 0 Å². The van der Waals surface area contributed by atoms with Crippen LogP contribution >= 0.6 is 31.9 Å². The third kappa shape index (κ3) is 3.12. The number of hydrogen-bond donors (Lipinski definition) is 1. The van der Waals surface area contributed by atoms with Gasteiger partial charge in [-0.15, -0.1) is 0 Å². The average molecular weight is 371 g/mol. The molecule has 0 aliphatic carbocycles. The van der Waals surface area contributed by atoms with Gasteiger partial charge in [-0.1, -0.05) is 44.0 Å². The van der Waals surface area contributed by atoms with Crippen molar-refractivity contribution in [1.29, 1.82) is 0 Å². The van der Waals surface area contributed by atoms with E-state index in [-0.39, 0.29) is 11.9 Å². The lowest BCUT2D eigenvalue weighted by Gasteiger charge is -2.11. The van der Waals surface area contributed by atoms with Gasteiger partial charge in [0, 0.05) is 21.4 Å². The maximum Gasteiger partial charge on any atom is 0.251 e. The quantitative estimate of drug-likeness (QED) is 0.809. The summed E-state index contributed by atoms with van der Waals surface area (Å²) in [5.74, 6) is -0.0354. The zero-order valence-corrected chi connectivity index (χ0v) is 13.1. The minimum Gasteiger partial charge on any atom is -0.349 e. The first kappa shape index (κ1) is 13.6. The number of nitrogens with one attached hydrogen (secondary N) is 1. The Morgan fingerprint density at radius 3 is 2.61 bits per heavy atom. The first-order valence-corrected chi connectivity index (χ1v) is 7.58. The van der Waals surface area contributed by atoms with Gasteiger partial charge >= 0.3 is 0 Å². The van der Waals surface area contributed by atoms with E-state index in [1.165, 1.54) is 0 Å². The van der Waals surface area contributed by atoms with E-state index in [1.807, 2.05) is 43.3 Å². The van der Waals surface area contributed by atoms with Gasteiger partial charge in [-0.3, -0.25) is 4.79 Å². The molecule has 0 aliphatic rings. The lowest BCUT2D eigenvalue weighted by molar-refractivity contribution is 0.0944. The first-order chi connectivity index (χ1) is 8.60. The summed E-state index contributed by atoms with van der Waals surface area (Å²) in [7, 11) is 0. The maximum atomic E-state index is 12.0.